The van der Waals surface area contributed by atoms with Crippen LogP contribution in [-0.4, -0.2) is 57.3 Å². The maximum atomic E-state index is 14.6. The van der Waals surface area contributed by atoms with Gasteiger partial charge in [-0.25, -0.2) is 24.9 Å². The molecule has 6 heterocycles. The molecular formula is C23H24FN7O. The van der Waals surface area contributed by atoms with Gasteiger partial charge < -0.3 is 14.5 Å². The molecule has 2 bridgehead atoms. The van der Waals surface area contributed by atoms with E-state index in [-0.39, 0.29) is 18.2 Å². The molecule has 3 aromatic heterocycles. The summed E-state index contributed by atoms with van der Waals surface area (Å²) in [7, 11) is 1.71. The van der Waals surface area contributed by atoms with Gasteiger partial charge in [-0.15, -0.1) is 0 Å². The molecule has 0 N–H and O–H groups in total. The lowest BCUT2D eigenvalue weighted by molar-refractivity contribution is 0.0787. The second kappa shape index (κ2) is 7.74. The van der Waals surface area contributed by atoms with Crippen molar-refractivity contribution in [2.45, 2.75) is 43.9 Å². The Morgan fingerprint density at radius 3 is 2.69 bits per heavy atom. The molecule has 3 aliphatic rings. The van der Waals surface area contributed by atoms with E-state index in [4.69, 9.17) is 9.72 Å². The number of halogens is 1. The van der Waals surface area contributed by atoms with Gasteiger partial charge in [0.25, 0.3) is 0 Å². The molecule has 0 amide bonds. The second-order valence-corrected chi connectivity index (χ2v) is 8.65. The number of anilines is 2. The number of methoxy groups -OCH3 is 1. The van der Waals surface area contributed by atoms with Gasteiger partial charge in [-0.3, -0.25) is 0 Å². The van der Waals surface area contributed by atoms with Crippen LogP contribution in [0, 0.1) is 5.95 Å². The van der Waals surface area contributed by atoms with Crippen LogP contribution in [0.1, 0.15) is 36.6 Å². The Morgan fingerprint density at radius 2 is 1.88 bits per heavy atom. The van der Waals surface area contributed by atoms with Gasteiger partial charge in [0.15, 0.2) is 11.6 Å². The highest BCUT2D eigenvalue weighted by Gasteiger charge is 2.40. The van der Waals surface area contributed by atoms with E-state index in [1.54, 1.807) is 25.6 Å². The van der Waals surface area contributed by atoms with Crippen molar-refractivity contribution in [3.63, 3.8) is 0 Å². The lowest BCUT2D eigenvalue weighted by atomic mass is 9.82. The van der Waals surface area contributed by atoms with Crippen molar-refractivity contribution in [1.29, 1.82) is 0 Å². The summed E-state index contributed by atoms with van der Waals surface area (Å²) in [5.74, 6) is 1.32. The first-order valence-electron chi connectivity index (χ1n) is 11.1. The normalized spacial score (nSPS) is 22.4. The molecule has 0 aromatic carbocycles. The predicted molar refractivity (Wildman–Crippen MR) is 117 cm³/mol. The largest absolute Gasteiger partial charge is 0.378 e. The van der Waals surface area contributed by atoms with Gasteiger partial charge >= 0.3 is 0 Å². The fourth-order valence-corrected chi connectivity index (χ4v) is 5.13. The van der Waals surface area contributed by atoms with Gasteiger partial charge in [-0.1, -0.05) is 0 Å². The second-order valence-electron chi connectivity index (χ2n) is 8.65. The van der Waals surface area contributed by atoms with Crippen LogP contribution < -0.4 is 9.80 Å². The molecule has 164 valence electrons. The Bertz CT molecular complexity index is 1140. The quantitative estimate of drug-likeness (QED) is 0.581. The van der Waals surface area contributed by atoms with Crippen LogP contribution in [-0.2, 0) is 11.2 Å². The molecule has 0 unspecified atom stereocenters. The molecule has 32 heavy (non-hydrogen) atoms. The van der Waals surface area contributed by atoms with Gasteiger partial charge in [-0.2, -0.15) is 4.39 Å². The zero-order valence-corrected chi connectivity index (χ0v) is 17.9. The Labute approximate surface area is 185 Å². The van der Waals surface area contributed by atoms with Crippen molar-refractivity contribution in [1.82, 2.24) is 24.9 Å². The van der Waals surface area contributed by atoms with E-state index in [0.717, 1.165) is 55.7 Å². The van der Waals surface area contributed by atoms with Crippen LogP contribution in [0.2, 0.25) is 0 Å². The Kier molecular flexibility index (Phi) is 4.71. The lowest BCUT2D eigenvalue weighted by Crippen LogP contribution is -2.52. The first-order valence-corrected chi connectivity index (χ1v) is 11.1. The topological polar surface area (TPSA) is 80.2 Å². The summed E-state index contributed by atoms with van der Waals surface area (Å²) in [5.41, 5.74) is 2.99. The van der Waals surface area contributed by atoms with E-state index < -0.39 is 5.95 Å². The summed E-state index contributed by atoms with van der Waals surface area (Å²) in [5, 5.41) is 0. The van der Waals surface area contributed by atoms with E-state index in [0.29, 0.717) is 17.5 Å². The van der Waals surface area contributed by atoms with Crippen LogP contribution in [0.4, 0.5) is 15.9 Å². The summed E-state index contributed by atoms with van der Waals surface area (Å²) in [4.78, 5) is 26.7. The number of rotatable bonds is 4. The third-order valence-corrected chi connectivity index (χ3v) is 6.77. The van der Waals surface area contributed by atoms with Gasteiger partial charge in [0.1, 0.15) is 5.82 Å². The van der Waals surface area contributed by atoms with Crippen LogP contribution in [0.5, 0.6) is 0 Å². The van der Waals surface area contributed by atoms with E-state index >= 15 is 0 Å². The molecule has 2 atom stereocenters. The fourth-order valence-electron chi connectivity index (χ4n) is 5.13. The van der Waals surface area contributed by atoms with Crippen LogP contribution in [0.15, 0.2) is 36.8 Å². The molecule has 0 spiro atoms. The average Bonchev–Trinajstić information content (AvgIpc) is 2.78. The minimum atomic E-state index is -0.449. The number of hydrogen-bond donors (Lipinski definition) is 0. The molecule has 2 fully saturated rings. The zero-order valence-electron chi connectivity index (χ0n) is 17.9. The van der Waals surface area contributed by atoms with Crippen molar-refractivity contribution in [2.75, 3.05) is 30.0 Å². The molecule has 6 rings (SSSR count). The third-order valence-electron chi connectivity index (χ3n) is 6.77. The van der Waals surface area contributed by atoms with Gasteiger partial charge in [0.05, 0.1) is 17.8 Å². The number of piperidine rings is 1. The SMILES string of the molecule is COC1CN(c2cc(F)nc(N3[C@@H]4CCC[C@H]3c3cnc(-c5ncccn5)nc3C4)c2)C1. The summed E-state index contributed by atoms with van der Waals surface area (Å²) in [6.07, 6.45) is 9.39. The number of pyridine rings is 1. The number of ether oxygens (including phenoxy) is 1. The van der Waals surface area contributed by atoms with Crippen molar-refractivity contribution < 1.29 is 9.13 Å². The fraction of sp³-hybridized carbons (Fsp3) is 0.435. The molecule has 0 aliphatic carbocycles. The molecule has 8 nitrogen and oxygen atoms in total. The minimum absolute atomic E-state index is 0.0912. The van der Waals surface area contributed by atoms with E-state index in [2.05, 4.69) is 29.7 Å². The molecule has 2 saturated heterocycles. The first-order chi connectivity index (χ1) is 15.7. The molecule has 9 heteroatoms. The Morgan fingerprint density at radius 1 is 1.03 bits per heavy atom. The lowest BCUT2D eigenvalue weighted by Gasteiger charge is -2.47. The summed E-state index contributed by atoms with van der Waals surface area (Å²) >= 11 is 0. The predicted octanol–water partition coefficient (Wildman–Crippen LogP) is 2.96. The Hall–Kier alpha value is -3.20. The number of nitrogens with zero attached hydrogens (tertiary/aromatic N) is 7. The number of hydrogen-bond acceptors (Lipinski definition) is 8. The molecule has 0 radical (unpaired) electrons. The van der Waals surface area contributed by atoms with Gasteiger partial charge in [-0.05, 0) is 25.3 Å². The van der Waals surface area contributed by atoms with Crippen molar-refractivity contribution >= 4 is 11.5 Å². The maximum absolute atomic E-state index is 14.6. The van der Waals surface area contributed by atoms with Crippen LogP contribution >= 0.6 is 0 Å². The average molecular weight is 433 g/mol. The highest BCUT2D eigenvalue weighted by Crippen LogP contribution is 2.44. The zero-order chi connectivity index (χ0) is 21.7. The molecular weight excluding hydrogens is 409 g/mol. The van der Waals surface area contributed by atoms with E-state index in [9.17, 15) is 4.39 Å². The van der Waals surface area contributed by atoms with Crippen LogP contribution in [0.3, 0.4) is 0 Å². The highest BCUT2D eigenvalue weighted by atomic mass is 19.1. The first kappa shape index (κ1) is 19.5. The standard InChI is InChI=1S/C23H24FN7O/c1-32-16-12-30(13-16)15-9-20(24)29-21(10-15)31-14-4-2-5-19(31)17-11-27-23(28-18(17)8-14)22-25-6-3-7-26-22/h3,6-7,9-11,14,16,19H,2,4-5,8,12-13H2,1H3/t14-,19+/m1/s1. The highest BCUT2D eigenvalue weighted by molar-refractivity contribution is 5.59. The smallest absolute Gasteiger partial charge is 0.216 e. The summed E-state index contributed by atoms with van der Waals surface area (Å²) in [6.45, 7) is 1.54. The van der Waals surface area contributed by atoms with Crippen LogP contribution in [0.25, 0.3) is 11.6 Å². The van der Waals surface area contributed by atoms with Crippen molar-refractivity contribution in [3.8, 4) is 11.6 Å². The van der Waals surface area contributed by atoms with E-state index in [1.165, 1.54) is 6.07 Å². The number of aromatic nitrogens is 5. The summed E-state index contributed by atoms with van der Waals surface area (Å²) < 4.78 is 19.9. The van der Waals surface area contributed by atoms with Gasteiger partial charge in [0, 0.05) is 74.6 Å². The monoisotopic (exact) mass is 433 g/mol. The maximum Gasteiger partial charge on any atom is 0.216 e. The molecule has 0 saturated carbocycles. The van der Waals surface area contributed by atoms with Crippen molar-refractivity contribution in [2.24, 2.45) is 0 Å². The minimum Gasteiger partial charge on any atom is -0.378 e. The van der Waals surface area contributed by atoms with E-state index in [1.807, 2.05) is 12.3 Å². The Balaban J connectivity index is 1.34. The third kappa shape index (κ3) is 3.28. The summed E-state index contributed by atoms with van der Waals surface area (Å²) in [6, 6.07) is 5.62. The number of fused-ring (bicyclic) bond motifs is 4. The van der Waals surface area contributed by atoms with Gasteiger partial charge in [0.2, 0.25) is 5.95 Å². The molecule has 3 aliphatic heterocycles. The van der Waals surface area contributed by atoms with Crippen molar-refractivity contribution in [3.05, 3.63) is 54.0 Å². The molecule has 3 aromatic rings.